The van der Waals surface area contributed by atoms with E-state index in [9.17, 15) is 4.79 Å². The van der Waals surface area contributed by atoms with Crippen LogP contribution in [-0.4, -0.2) is 6.03 Å². The van der Waals surface area contributed by atoms with Crippen LogP contribution in [0.15, 0.2) is 42.5 Å². The van der Waals surface area contributed by atoms with Crippen LogP contribution in [0, 0.1) is 13.8 Å². The molecule has 0 spiro atoms. The molecule has 0 saturated carbocycles. The molecule has 0 aliphatic rings. The standard InChI is InChI=1S/C18H23N3O/c1-12-4-5-15(10-13(12)2)11-20-14(3)16-6-8-17(9-7-16)21-18(19)22/h4-10,14,20H,11H2,1-3H3,(H3,19,21,22). The summed E-state index contributed by atoms with van der Waals surface area (Å²) in [6.07, 6.45) is 0. The van der Waals surface area contributed by atoms with Gasteiger partial charge in [0.25, 0.3) is 0 Å². The van der Waals surface area contributed by atoms with Crippen molar-refractivity contribution in [1.82, 2.24) is 5.32 Å². The number of amides is 2. The number of urea groups is 1. The van der Waals surface area contributed by atoms with Gasteiger partial charge in [0.15, 0.2) is 0 Å². The van der Waals surface area contributed by atoms with Gasteiger partial charge >= 0.3 is 6.03 Å². The first kappa shape index (κ1) is 16.0. The molecule has 1 atom stereocenters. The van der Waals surface area contributed by atoms with Crippen LogP contribution in [0.2, 0.25) is 0 Å². The quantitative estimate of drug-likeness (QED) is 0.788. The van der Waals surface area contributed by atoms with Gasteiger partial charge < -0.3 is 16.4 Å². The summed E-state index contributed by atoms with van der Waals surface area (Å²) in [4.78, 5) is 10.8. The van der Waals surface area contributed by atoms with Gasteiger partial charge in [-0.3, -0.25) is 0 Å². The van der Waals surface area contributed by atoms with E-state index in [1.807, 2.05) is 24.3 Å². The Labute approximate surface area is 131 Å². The maximum Gasteiger partial charge on any atom is 0.316 e. The first-order valence-electron chi connectivity index (χ1n) is 7.41. The minimum absolute atomic E-state index is 0.226. The smallest absolute Gasteiger partial charge is 0.316 e. The Morgan fingerprint density at radius 2 is 1.77 bits per heavy atom. The lowest BCUT2D eigenvalue weighted by atomic mass is 10.0. The predicted octanol–water partition coefficient (Wildman–Crippen LogP) is 3.64. The van der Waals surface area contributed by atoms with Crippen molar-refractivity contribution >= 4 is 11.7 Å². The summed E-state index contributed by atoms with van der Waals surface area (Å²) in [6, 6.07) is 13.9. The third-order valence-electron chi connectivity index (χ3n) is 3.86. The molecule has 1 unspecified atom stereocenters. The van der Waals surface area contributed by atoms with Crippen molar-refractivity contribution in [2.75, 3.05) is 5.32 Å². The molecule has 0 aliphatic heterocycles. The molecule has 22 heavy (non-hydrogen) atoms. The van der Waals surface area contributed by atoms with Crippen LogP contribution in [0.1, 0.15) is 35.2 Å². The Morgan fingerprint density at radius 1 is 1.09 bits per heavy atom. The summed E-state index contributed by atoms with van der Waals surface area (Å²) in [5.41, 5.74) is 10.9. The van der Waals surface area contributed by atoms with Crippen molar-refractivity contribution in [3.05, 3.63) is 64.7 Å². The summed E-state index contributed by atoms with van der Waals surface area (Å²) < 4.78 is 0. The van der Waals surface area contributed by atoms with Crippen LogP contribution < -0.4 is 16.4 Å². The van der Waals surface area contributed by atoms with Gasteiger partial charge in [0.2, 0.25) is 0 Å². The number of rotatable bonds is 5. The highest BCUT2D eigenvalue weighted by Crippen LogP contribution is 2.17. The van der Waals surface area contributed by atoms with E-state index in [0.29, 0.717) is 5.69 Å². The fraction of sp³-hybridized carbons (Fsp3) is 0.278. The zero-order valence-corrected chi connectivity index (χ0v) is 13.3. The molecular formula is C18H23N3O. The summed E-state index contributed by atoms with van der Waals surface area (Å²) in [5, 5.41) is 6.07. The average molecular weight is 297 g/mol. The van der Waals surface area contributed by atoms with Gasteiger partial charge in [-0.25, -0.2) is 4.79 Å². The molecule has 4 heteroatoms. The summed E-state index contributed by atoms with van der Waals surface area (Å²) in [5.74, 6) is 0. The van der Waals surface area contributed by atoms with Gasteiger partial charge in [0.1, 0.15) is 0 Å². The average Bonchev–Trinajstić information content (AvgIpc) is 2.48. The van der Waals surface area contributed by atoms with Gasteiger partial charge in [-0.2, -0.15) is 0 Å². The number of anilines is 1. The van der Waals surface area contributed by atoms with E-state index in [4.69, 9.17) is 5.73 Å². The lowest BCUT2D eigenvalue weighted by Crippen LogP contribution is -2.20. The van der Waals surface area contributed by atoms with E-state index in [1.54, 1.807) is 0 Å². The third-order valence-corrected chi connectivity index (χ3v) is 3.86. The number of primary amides is 1. The first-order valence-corrected chi connectivity index (χ1v) is 7.41. The van der Waals surface area contributed by atoms with E-state index < -0.39 is 6.03 Å². The van der Waals surface area contributed by atoms with Gasteiger partial charge in [-0.15, -0.1) is 0 Å². The highest BCUT2D eigenvalue weighted by molar-refractivity contribution is 5.87. The Balaban J connectivity index is 1.95. The monoisotopic (exact) mass is 297 g/mol. The molecular weight excluding hydrogens is 274 g/mol. The van der Waals surface area contributed by atoms with Gasteiger partial charge in [-0.05, 0) is 55.2 Å². The maximum atomic E-state index is 10.8. The van der Waals surface area contributed by atoms with Crippen LogP contribution in [-0.2, 0) is 6.54 Å². The van der Waals surface area contributed by atoms with Crippen LogP contribution in [0.5, 0.6) is 0 Å². The Bertz CT molecular complexity index is 650. The lowest BCUT2D eigenvalue weighted by molar-refractivity contribution is 0.259. The summed E-state index contributed by atoms with van der Waals surface area (Å²) in [6.45, 7) is 7.20. The SMILES string of the molecule is Cc1ccc(CNC(C)c2ccc(NC(N)=O)cc2)cc1C. The second kappa shape index (κ2) is 7.09. The number of nitrogens with one attached hydrogen (secondary N) is 2. The normalized spacial score (nSPS) is 12.0. The molecule has 0 saturated heterocycles. The maximum absolute atomic E-state index is 10.8. The minimum atomic E-state index is -0.548. The number of aryl methyl sites for hydroxylation is 2. The van der Waals surface area contributed by atoms with Crippen molar-refractivity contribution in [3.63, 3.8) is 0 Å². The van der Waals surface area contributed by atoms with Gasteiger partial charge in [0, 0.05) is 18.3 Å². The third kappa shape index (κ3) is 4.33. The van der Waals surface area contributed by atoms with Crippen molar-refractivity contribution in [1.29, 1.82) is 0 Å². The molecule has 0 bridgehead atoms. The molecule has 4 nitrogen and oxygen atoms in total. The molecule has 2 aromatic carbocycles. The largest absolute Gasteiger partial charge is 0.351 e. The highest BCUT2D eigenvalue weighted by atomic mass is 16.2. The number of carbonyl (C=O) groups is 1. The van der Waals surface area contributed by atoms with Crippen LogP contribution in [0.25, 0.3) is 0 Å². The molecule has 0 fully saturated rings. The molecule has 2 aromatic rings. The van der Waals surface area contributed by atoms with Crippen molar-refractivity contribution in [3.8, 4) is 0 Å². The fourth-order valence-electron chi connectivity index (χ4n) is 2.30. The van der Waals surface area contributed by atoms with E-state index in [1.165, 1.54) is 22.3 Å². The molecule has 0 aromatic heterocycles. The second-order valence-corrected chi connectivity index (χ2v) is 5.63. The van der Waals surface area contributed by atoms with E-state index >= 15 is 0 Å². The van der Waals surface area contributed by atoms with Gasteiger partial charge in [0.05, 0.1) is 0 Å². The number of hydrogen-bond acceptors (Lipinski definition) is 2. The summed E-state index contributed by atoms with van der Waals surface area (Å²) in [7, 11) is 0. The number of hydrogen-bond donors (Lipinski definition) is 3. The molecule has 0 heterocycles. The molecule has 2 rings (SSSR count). The second-order valence-electron chi connectivity index (χ2n) is 5.63. The van der Waals surface area contributed by atoms with E-state index in [0.717, 1.165) is 6.54 Å². The number of nitrogens with two attached hydrogens (primary N) is 1. The van der Waals surface area contributed by atoms with Crippen LogP contribution in [0.3, 0.4) is 0 Å². The molecule has 0 radical (unpaired) electrons. The van der Waals surface area contributed by atoms with E-state index in [2.05, 4.69) is 49.6 Å². The number of benzene rings is 2. The minimum Gasteiger partial charge on any atom is -0.351 e. The van der Waals surface area contributed by atoms with Gasteiger partial charge in [-0.1, -0.05) is 30.3 Å². The lowest BCUT2D eigenvalue weighted by Gasteiger charge is -2.15. The zero-order chi connectivity index (χ0) is 16.1. The molecule has 0 aliphatic carbocycles. The Morgan fingerprint density at radius 3 is 2.36 bits per heavy atom. The molecule has 4 N–H and O–H groups in total. The van der Waals surface area contributed by atoms with Crippen molar-refractivity contribution in [2.45, 2.75) is 33.4 Å². The van der Waals surface area contributed by atoms with Crippen molar-refractivity contribution in [2.24, 2.45) is 5.73 Å². The van der Waals surface area contributed by atoms with E-state index in [-0.39, 0.29) is 6.04 Å². The fourth-order valence-corrected chi connectivity index (χ4v) is 2.30. The Hall–Kier alpha value is -2.33. The highest BCUT2D eigenvalue weighted by Gasteiger charge is 2.06. The van der Waals surface area contributed by atoms with Crippen molar-refractivity contribution < 1.29 is 4.79 Å². The predicted molar refractivity (Wildman–Crippen MR) is 90.8 cm³/mol. The topological polar surface area (TPSA) is 67.2 Å². The first-order chi connectivity index (χ1) is 10.5. The van der Waals surface area contributed by atoms with Crippen LogP contribution >= 0.6 is 0 Å². The zero-order valence-electron chi connectivity index (χ0n) is 13.3. The van der Waals surface area contributed by atoms with Crippen LogP contribution in [0.4, 0.5) is 10.5 Å². The number of carbonyl (C=O) groups excluding carboxylic acids is 1. The Kier molecular flexibility index (Phi) is 5.17. The summed E-state index contributed by atoms with van der Waals surface area (Å²) >= 11 is 0. The molecule has 2 amide bonds. The molecule has 116 valence electrons.